The van der Waals surface area contributed by atoms with E-state index in [-0.39, 0.29) is 35.7 Å². The van der Waals surface area contributed by atoms with E-state index in [0.29, 0.717) is 30.9 Å². The van der Waals surface area contributed by atoms with Crippen LogP contribution >= 0.6 is 0 Å². The van der Waals surface area contributed by atoms with Crippen molar-refractivity contribution in [2.24, 2.45) is 11.3 Å². The van der Waals surface area contributed by atoms with Gasteiger partial charge < -0.3 is 15.2 Å². The van der Waals surface area contributed by atoms with Crippen LogP contribution in [0.15, 0.2) is 47.3 Å². The third-order valence-electron chi connectivity index (χ3n) is 7.66. The van der Waals surface area contributed by atoms with E-state index in [1.165, 1.54) is 12.1 Å². The number of aromatic amines is 1. The maximum atomic E-state index is 14.2. The Kier molecular flexibility index (Phi) is 6.78. The number of carbonyl (C=O) groups is 1. The van der Waals surface area contributed by atoms with Crippen LogP contribution in [0.25, 0.3) is 10.9 Å². The van der Waals surface area contributed by atoms with E-state index in [9.17, 15) is 28.0 Å². The normalized spacial score (nSPS) is 19.4. The number of alkyl halides is 3. The van der Waals surface area contributed by atoms with Crippen LogP contribution in [0.2, 0.25) is 0 Å². The highest BCUT2D eigenvalue weighted by Crippen LogP contribution is 2.45. The van der Waals surface area contributed by atoms with Gasteiger partial charge in [0.25, 0.3) is 0 Å². The molecule has 2 heterocycles. The molecular formula is C29H29F3N4O2. The van der Waals surface area contributed by atoms with Gasteiger partial charge >= 0.3 is 6.18 Å². The maximum Gasteiger partial charge on any atom is 0.416 e. The molecule has 3 aromatic rings. The summed E-state index contributed by atoms with van der Waals surface area (Å²) in [5.74, 6) is 0.400. The number of aromatic nitrogens is 1. The number of nitriles is 1. The quantitative estimate of drug-likeness (QED) is 0.455. The van der Waals surface area contributed by atoms with E-state index in [4.69, 9.17) is 0 Å². The lowest BCUT2D eigenvalue weighted by atomic mass is 9.80. The van der Waals surface area contributed by atoms with E-state index in [0.717, 1.165) is 47.9 Å². The number of nitrogens with zero attached hydrogens (tertiary/aromatic N) is 2. The highest BCUT2D eigenvalue weighted by atomic mass is 19.4. The first-order valence-corrected chi connectivity index (χ1v) is 12.8. The topological polar surface area (TPSA) is 89.0 Å². The predicted octanol–water partition coefficient (Wildman–Crippen LogP) is 5.04. The SMILES string of the molecule is Cc1cc(CN(Cc2cc(C#N)cc(C(F)(F)F)c2)C(=O)C2(CC3CC3)CCNC2)cc2[nH]c(=O)ccc12. The molecule has 1 saturated heterocycles. The summed E-state index contributed by atoms with van der Waals surface area (Å²) in [6.45, 7) is 3.26. The molecule has 2 N–H and O–H groups in total. The van der Waals surface area contributed by atoms with E-state index < -0.39 is 17.2 Å². The summed E-state index contributed by atoms with van der Waals surface area (Å²) in [7, 11) is 0. The number of rotatable bonds is 7. The molecule has 0 radical (unpaired) electrons. The number of hydrogen-bond donors (Lipinski definition) is 2. The minimum Gasteiger partial charge on any atom is -0.334 e. The third-order valence-corrected chi connectivity index (χ3v) is 7.66. The van der Waals surface area contributed by atoms with Crippen molar-refractivity contribution in [3.05, 3.63) is 80.6 Å². The Labute approximate surface area is 218 Å². The van der Waals surface area contributed by atoms with Gasteiger partial charge in [-0.05, 0) is 79.3 Å². The van der Waals surface area contributed by atoms with Crippen molar-refractivity contribution in [1.29, 1.82) is 5.26 Å². The summed E-state index contributed by atoms with van der Waals surface area (Å²) in [4.78, 5) is 30.6. The number of halogens is 3. The zero-order valence-corrected chi connectivity index (χ0v) is 21.1. The number of fused-ring (bicyclic) bond motifs is 1. The van der Waals surface area contributed by atoms with E-state index in [1.807, 2.05) is 25.1 Å². The number of aryl methyl sites for hydroxylation is 1. The van der Waals surface area contributed by atoms with Crippen LogP contribution in [0.3, 0.4) is 0 Å². The van der Waals surface area contributed by atoms with Crippen molar-refractivity contribution < 1.29 is 18.0 Å². The molecule has 1 atom stereocenters. The molecule has 38 heavy (non-hydrogen) atoms. The summed E-state index contributed by atoms with van der Waals surface area (Å²) >= 11 is 0. The van der Waals surface area contributed by atoms with Crippen molar-refractivity contribution in [3.8, 4) is 6.07 Å². The van der Waals surface area contributed by atoms with Crippen LogP contribution in [-0.2, 0) is 24.1 Å². The standard InChI is InChI=1S/C29H29F3N4O2/c1-18-8-21(12-25-24(18)4-5-26(37)35-25)15-36(27(38)28(6-7-34-17-28)13-19-2-3-19)16-22-9-20(14-33)10-23(11-22)29(30,31)32/h4-5,8-12,19,34H,2-3,6-7,13,15-17H2,1H3,(H,35,37). The minimum absolute atomic E-state index is 0.0632. The first kappa shape index (κ1) is 26.0. The molecule has 198 valence electrons. The van der Waals surface area contributed by atoms with Gasteiger partial charge in [0.15, 0.2) is 0 Å². The summed E-state index contributed by atoms with van der Waals surface area (Å²) < 4.78 is 40.7. The first-order valence-electron chi connectivity index (χ1n) is 12.8. The number of amides is 1. The summed E-state index contributed by atoms with van der Waals surface area (Å²) in [6.07, 6.45) is -1.00. The zero-order chi connectivity index (χ0) is 27.1. The number of hydrogen-bond acceptors (Lipinski definition) is 4. The average molecular weight is 523 g/mol. The molecule has 1 aliphatic heterocycles. The molecule has 2 fully saturated rings. The minimum atomic E-state index is -4.61. The molecule has 0 spiro atoms. The van der Waals surface area contributed by atoms with E-state index >= 15 is 0 Å². The molecular weight excluding hydrogens is 493 g/mol. The van der Waals surface area contributed by atoms with Crippen LogP contribution in [-0.4, -0.2) is 28.9 Å². The van der Waals surface area contributed by atoms with Crippen molar-refractivity contribution in [2.45, 2.75) is 51.9 Å². The molecule has 1 saturated carbocycles. The van der Waals surface area contributed by atoms with Gasteiger partial charge in [-0.1, -0.05) is 18.9 Å². The number of H-pyrrole nitrogens is 1. The van der Waals surface area contributed by atoms with Gasteiger partial charge in [-0.15, -0.1) is 0 Å². The lowest BCUT2D eigenvalue weighted by molar-refractivity contribution is -0.143. The van der Waals surface area contributed by atoms with E-state index in [2.05, 4.69) is 10.3 Å². The van der Waals surface area contributed by atoms with Gasteiger partial charge in [0.2, 0.25) is 11.5 Å². The molecule has 6 nitrogen and oxygen atoms in total. The molecule has 1 unspecified atom stereocenters. The first-order chi connectivity index (χ1) is 18.1. The highest BCUT2D eigenvalue weighted by molar-refractivity contribution is 5.85. The van der Waals surface area contributed by atoms with Crippen molar-refractivity contribution in [3.63, 3.8) is 0 Å². The molecule has 2 aromatic carbocycles. The van der Waals surface area contributed by atoms with Crippen LogP contribution < -0.4 is 10.9 Å². The Morgan fingerprint density at radius 3 is 2.50 bits per heavy atom. The smallest absolute Gasteiger partial charge is 0.334 e. The Morgan fingerprint density at radius 2 is 1.87 bits per heavy atom. The number of carbonyl (C=O) groups excluding carboxylic acids is 1. The molecule has 1 aliphatic carbocycles. The van der Waals surface area contributed by atoms with Gasteiger partial charge in [-0.3, -0.25) is 9.59 Å². The second-order valence-electron chi connectivity index (χ2n) is 10.7. The largest absolute Gasteiger partial charge is 0.416 e. The van der Waals surface area contributed by atoms with Gasteiger partial charge in [0.05, 0.1) is 22.6 Å². The predicted molar refractivity (Wildman–Crippen MR) is 137 cm³/mol. The summed E-state index contributed by atoms with van der Waals surface area (Å²) in [6, 6.07) is 12.0. The van der Waals surface area contributed by atoms with Gasteiger partial charge in [-0.2, -0.15) is 18.4 Å². The number of pyridine rings is 1. The van der Waals surface area contributed by atoms with Crippen molar-refractivity contribution in [1.82, 2.24) is 15.2 Å². The van der Waals surface area contributed by atoms with Gasteiger partial charge in [-0.25, -0.2) is 0 Å². The van der Waals surface area contributed by atoms with Crippen LogP contribution in [0.4, 0.5) is 13.2 Å². The highest BCUT2D eigenvalue weighted by Gasteiger charge is 2.47. The van der Waals surface area contributed by atoms with Gasteiger partial charge in [0.1, 0.15) is 0 Å². The Hall–Kier alpha value is -3.64. The molecule has 0 bridgehead atoms. The monoisotopic (exact) mass is 522 g/mol. The second-order valence-corrected chi connectivity index (χ2v) is 10.7. The van der Waals surface area contributed by atoms with Crippen LogP contribution in [0, 0.1) is 29.6 Å². The fraction of sp³-hybridized carbons (Fsp3) is 0.414. The van der Waals surface area contributed by atoms with Crippen molar-refractivity contribution >= 4 is 16.8 Å². The number of benzene rings is 2. The maximum absolute atomic E-state index is 14.2. The Bertz CT molecular complexity index is 1480. The lowest BCUT2D eigenvalue weighted by Crippen LogP contribution is -2.45. The summed E-state index contributed by atoms with van der Waals surface area (Å²) in [5, 5.41) is 13.6. The summed E-state index contributed by atoms with van der Waals surface area (Å²) in [5.41, 5.74) is 0.720. The van der Waals surface area contributed by atoms with Crippen LogP contribution in [0.5, 0.6) is 0 Å². The van der Waals surface area contributed by atoms with Gasteiger partial charge in [0, 0.05) is 36.6 Å². The molecule has 1 amide bonds. The second kappa shape index (κ2) is 9.91. The lowest BCUT2D eigenvalue weighted by Gasteiger charge is -2.35. The zero-order valence-electron chi connectivity index (χ0n) is 21.1. The Morgan fingerprint density at radius 1 is 1.13 bits per heavy atom. The number of nitrogens with one attached hydrogen (secondary N) is 2. The third kappa shape index (κ3) is 5.46. The molecule has 9 heteroatoms. The fourth-order valence-electron chi connectivity index (χ4n) is 5.67. The fourth-order valence-corrected chi connectivity index (χ4v) is 5.67. The Balaban J connectivity index is 1.55. The van der Waals surface area contributed by atoms with Crippen LogP contribution in [0.1, 0.15) is 53.5 Å². The van der Waals surface area contributed by atoms with Crippen molar-refractivity contribution in [2.75, 3.05) is 13.1 Å². The molecule has 2 aliphatic rings. The molecule has 5 rings (SSSR count). The average Bonchev–Trinajstić information content (AvgIpc) is 3.55. The molecule has 1 aromatic heterocycles. The van der Waals surface area contributed by atoms with E-state index in [1.54, 1.807) is 11.0 Å².